The van der Waals surface area contributed by atoms with Crippen LogP contribution in [0.2, 0.25) is 5.02 Å². The molecule has 1 amide bonds. The summed E-state index contributed by atoms with van der Waals surface area (Å²) in [5.41, 5.74) is 5.55. The fraction of sp³-hybridized carbons (Fsp3) is 0.462. The van der Waals surface area contributed by atoms with Gasteiger partial charge in [-0.3, -0.25) is 14.9 Å². The first-order valence-corrected chi connectivity index (χ1v) is 6.70. The van der Waals surface area contributed by atoms with Crippen molar-refractivity contribution in [3.05, 3.63) is 32.8 Å². The van der Waals surface area contributed by atoms with E-state index in [4.69, 9.17) is 17.3 Å². The topological polar surface area (TPSA) is 98.3 Å². The van der Waals surface area contributed by atoms with Crippen molar-refractivity contribution in [2.24, 2.45) is 5.92 Å². The van der Waals surface area contributed by atoms with Gasteiger partial charge in [-0.25, -0.2) is 0 Å². The third-order valence-electron chi connectivity index (χ3n) is 3.13. The molecule has 1 atom stereocenters. The summed E-state index contributed by atoms with van der Waals surface area (Å²) in [7, 11) is 0. The van der Waals surface area contributed by atoms with Gasteiger partial charge < -0.3 is 11.1 Å². The van der Waals surface area contributed by atoms with Crippen LogP contribution in [0.4, 0.5) is 11.4 Å². The third kappa shape index (κ3) is 3.60. The molecule has 0 heterocycles. The van der Waals surface area contributed by atoms with Crippen molar-refractivity contribution in [1.29, 1.82) is 0 Å². The van der Waals surface area contributed by atoms with Crippen LogP contribution in [0.25, 0.3) is 0 Å². The van der Waals surface area contributed by atoms with Crippen molar-refractivity contribution in [1.82, 2.24) is 5.32 Å². The number of hydrogen-bond donors (Lipinski definition) is 2. The molecular weight excluding hydrogens is 282 g/mol. The van der Waals surface area contributed by atoms with E-state index in [2.05, 4.69) is 5.32 Å². The number of nitrogens with zero attached hydrogens (tertiary/aromatic N) is 1. The van der Waals surface area contributed by atoms with Crippen LogP contribution in [0.15, 0.2) is 12.1 Å². The second-order valence-corrected chi connectivity index (χ2v) is 5.29. The molecule has 0 bridgehead atoms. The molecule has 1 rings (SSSR count). The first-order valence-electron chi connectivity index (χ1n) is 6.32. The highest BCUT2D eigenvalue weighted by Crippen LogP contribution is 2.29. The molecule has 6 nitrogen and oxygen atoms in total. The number of carbonyl (C=O) groups excluding carboxylic acids is 1. The highest BCUT2D eigenvalue weighted by atomic mass is 35.5. The van der Waals surface area contributed by atoms with Gasteiger partial charge in [-0.1, -0.05) is 32.4 Å². The predicted octanol–water partition coefficient (Wildman–Crippen LogP) is 2.99. The highest BCUT2D eigenvalue weighted by molar-refractivity contribution is 6.34. The van der Waals surface area contributed by atoms with E-state index < -0.39 is 10.8 Å². The van der Waals surface area contributed by atoms with Crippen molar-refractivity contribution in [3.8, 4) is 0 Å². The minimum atomic E-state index is -0.609. The Morgan fingerprint density at radius 1 is 1.50 bits per heavy atom. The van der Waals surface area contributed by atoms with Gasteiger partial charge in [-0.05, 0) is 12.3 Å². The molecule has 0 saturated carbocycles. The average molecular weight is 300 g/mol. The van der Waals surface area contributed by atoms with Crippen LogP contribution in [0.5, 0.6) is 0 Å². The lowest BCUT2D eigenvalue weighted by atomic mass is 10.0. The zero-order chi connectivity index (χ0) is 15.4. The van der Waals surface area contributed by atoms with Crippen LogP contribution in [0.1, 0.15) is 37.6 Å². The van der Waals surface area contributed by atoms with Crippen molar-refractivity contribution in [3.63, 3.8) is 0 Å². The van der Waals surface area contributed by atoms with Gasteiger partial charge in [0.05, 0.1) is 21.2 Å². The number of carbonyl (C=O) groups is 1. The maximum atomic E-state index is 12.2. The van der Waals surface area contributed by atoms with E-state index in [0.717, 1.165) is 18.6 Å². The van der Waals surface area contributed by atoms with E-state index in [9.17, 15) is 14.9 Å². The Kier molecular flexibility index (Phi) is 5.33. The van der Waals surface area contributed by atoms with Crippen molar-refractivity contribution < 1.29 is 9.72 Å². The van der Waals surface area contributed by atoms with E-state index >= 15 is 0 Å². The molecule has 0 fully saturated rings. The van der Waals surface area contributed by atoms with Gasteiger partial charge in [-0.15, -0.1) is 0 Å². The molecule has 0 aliphatic carbocycles. The minimum Gasteiger partial charge on any atom is -0.397 e. The summed E-state index contributed by atoms with van der Waals surface area (Å²) in [6, 6.07) is 2.25. The fourth-order valence-corrected chi connectivity index (χ4v) is 2.10. The van der Waals surface area contributed by atoms with Crippen LogP contribution in [-0.4, -0.2) is 16.9 Å². The van der Waals surface area contributed by atoms with E-state index in [1.54, 1.807) is 0 Å². The van der Waals surface area contributed by atoms with E-state index in [0.29, 0.717) is 0 Å². The molecule has 20 heavy (non-hydrogen) atoms. The summed E-state index contributed by atoms with van der Waals surface area (Å²) < 4.78 is 0. The lowest BCUT2D eigenvalue weighted by Crippen LogP contribution is -2.38. The monoisotopic (exact) mass is 299 g/mol. The molecule has 7 heteroatoms. The SMILES string of the molecule is CCC(NC(=O)c1cc([N+](=O)[O-])cc(Cl)c1N)C(C)C. The maximum Gasteiger partial charge on any atom is 0.271 e. The maximum absolute atomic E-state index is 12.2. The normalized spacial score (nSPS) is 12.2. The summed E-state index contributed by atoms with van der Waals surface area (Å²) in [5.74, 6) is -0.201. The summed E-state index contributed by atoms with van der Waals surface area (Å²) in [6.45, 7) is 5.92. The van der Waals surface area contributed by atoms with Gasteiger partial charge in [0, 0.05) is 18.2 Å². The Balaban J connectivity index is 3.12. The predicted molar refractivity (Wildman–Crippen MR) is 78.9 cm³/mol. The molecule has 0 spiro atoms. The average Bonchev–Trinajstić information content (AvgIpc) is 2.37. The summed E-state index contributed by atoms with van der Waals surface area (Å²) in [5, 5.41) is 13.6. The van der Waals surface area contributed by atoms with Crippen LogP contribution < -0.4 is 11.1 Å². The molecule has 0 saturated heterocycles. The second-order valence-electron chi connectivity index (χ2n) is 4.88. The summed E-state index contributed by atoms with van der Waals surface area (Å²) >= 11 is 5.83. The number of benzene rings is 1. The van der Waals surface area contributed by atoms with E-state index in [1.165, 1.54) is 0 Å². The molecule has 1 aromatic rings. The first-order chi connectivity index (χ1) is 9.27. The quantitative estimate of drug-likeness (QED) is 0.496. The van der Waals surface area contributed by atoms with Gasteiger partial charge in [-0.2, -0.15) is 0 Å². The Morgan fingerprint density at radius 3 is 2.55 bits per heavy atom. The number of anilines is 1. The number of rotatable bonds is 5. The van der Waals surface area contributed by atoms with Gasteiger partial charge in [0.2, 0.25) is 0 Å². The fourth-order valence-electron chi connectivity index (χ4n) is 1.88. The molecule has 0 aliphatic heterocycles. The van der Waals surface area contributed by atoms with Gasteiger partial charge in [0.25, 0.3) is 11.6 Å². The highest BCUT2D eigenvalue weighted by Gasteiger charge is 2.21. The van der Waals surface area contributed by atoms with Crippen molar-refractivity contribution >= 4 is 28.9 Å². The standard InChI is InChI=1S/C13H18ClN3O3/c1-4-11(7(2)3)16-13(18)9-5-8(17(19)20)6-10(14)12(9)15/h5-7,11H,4,15H2,1-3H3,(H,16,18). The number of non-ortho nitro benzene ring substituents is 1. The largest absolute Gasteiger partial charge is 0.397 e. The van der Waals surface area contributed by atoms with Crippen molar-refractivity contribution in [2.75, 3.05) is 5.73 Å². The van der Waals surface area contributed by atoms with Crippen molar-refractivity contribution in [2.45, 2.75) is 33.2 Å². The smallest absolute Gasteiger partial charge is 0.271 e. The van der Waals surface area contributed by atoms with E-state index in [1.807, 2.05) is 20.8 Å². The molecule has 3 N–H and O–H groups in total. The Bertz CT molecular complexity index is 532. The van der Waals surface area contributed by atoms with Crippen LogP contribution in [-0.2, 0) is 0 Å². The summed E-state index contributed by atoms with van der Waals surface area (Å²) in [6.07, 6.45) is 0.756. The molecule has 0 aliphatic rings. The number of nitro groups is 1. The third-order valence-corrected chi connectivity index (χ3v) is 3.44. The Labute approximate surface area is 122 Å². The number of amides is 1. The Morgan fingerprint density at radius 2 is 2.10 bits per heavy atom. The zero-order valence-electron chi connectivity index (χ0n) is 11.6. The number of nitro benzene ring substituents is 1. The van der Waals surface area contributed by atoms with E-state index in [-0.39, 0.29) is 33.9 Å². The number of nitrogen functional groups attached to an aromatic ring is 1. The minimum absolute atomic E-state index is 0.00180. The zero-order valence-corrected chi connectivity index (χ0v) is 12.4. The molecule has 1 aromatic carbocycles. The molecule has 1 unspecified atom stereocenters. The van der Waals surface area contributed by atoms with Gasteiger partial charge >= 0.3 is 0 Å². The second kappa shape index (κ2) is 6.56. The van der Waals surface area contributed by atoms with Gasteiger partial charge in [0.1, 0.15) is 0 Å². The number of halogens is 1. The first kappa shape index (κ1) is 16.2. The molecule has 0 radical (unpaired) electrons. The lowest BCUT2D eigenvalue weighted by Gasteiger charge is -2.21. The molecule has 0 aromatic heterocycles. The number of nitrogens with one attached hydrogen (secondary N) is 1. The van der Waals surface area contributed by atoms with Crippen LogP contribution in [0, 0.1) is 16.0 Å². The number of hydrogen-bond acceptors (Lipinski definition) is 4. The number of nitrogens with two attached hydrogens (primary N) is 1. The van der Waals surface area contributed by atoms with Crippen LogP contribution >= 0.6 is 11.6 Å². The van der Waals surface area contributed by atoms with Crippen LogP contribution in [0.3, 0.4) is 0 Å². The summed E-state index contributed by atoms with van der Waals surface area (Å²) in [4.78, 5) is 22.4. The molecule has 110 valence electrons. The molecular formula is C13H18ClN3O3. The lowest BCUT2D eigenvalue weighted by molar-refractivity contribution is -0.384. The Hall–Kier alpha value is -1.82. The van der Waals surface area contributed by atoms with Gasteiger partial charge in [0.15, 0.2) is 0 Å².